The van der Waals surface area contributed by atoms with Gasteiger partial charge in [0.1, 0.15) is 5.82 Å². The van der Waals surface area contributed by atoms with E-state index in [1.807, 2.05) is 19.1 Å². The zero-order valence-electron chi connectivity index (χ0n) is 23.2. The number of nitrogens with two attached hydrogens (primary N) is 1. The molecule has 2 aliphatic rings. The van der Waals surface area contributed by atoms with Crippen LogP contribution < -0.4 is 10.6 Å². The summed E-state index contributed by atoms with van der Waals surface area (Å²) < 4.78 is 0. The maximum atomic E-state index is 14.0. The third kappa shape index (κ3) is 5.61. The average Bonchev–Trinajstić information content (AvgIpc) is 2.89. The molecule has 0 radical (unpaired) electrons. The molecule has 2 aromatic carbocycles. The summed E-state index contributed by atoms with van der Waals surface area (Å²) in [6.45, 7) is 8.22. The van der Waals surface area contributed by atoms with Crippen molar-refractivity contribution in [1.29, 1.82) is 5.26 Å². The van der Waals surface area contributed by atoms with Gasteiger partial charge in [-0.25, -0.2) is 4.98 Å². The van der Waals surface area contributed by atoms with Crippen molar-refractivity contribution in [2.75, 3.05) is 4.90 Å². The lowest BCUT2D eigenvalue weighted by Crippen LogP contribution is -2.42. The van der Waals surface area contributed by atoms with Crippen LogP contribution in [0.3, 0.4) is 0 Å². The number of nitrogens with zero attached hydrogens (tertiary/aromatic N) is 3. The number of carbonyl (C=O) groups excluding carboxylic acids is 1. The Bertz CT molecular complexity index is 1690. The van der Waals surface area contributed by atoms with Crippen molar-refractivity contribution in [3.63, 3.8) is 0 Å². The van der Waals surface area contributed by atoms with Gasteiger partial charge >= 0.3 is 0 Å². The van der Waals surface area contributed by atoms with Crippen LogP contribution >= 0.6 is 46.6 Å². The van der Waals surface area contributed by atoms with Crippen LogP contribution in [0, 0.1) is 30.6 Å². The smallest absolute Gasteiger partial charge is 0.162 e. The number of nitriles is 1. The minimum Gasteiger partial charge on any atom is -0.384 e. The first-order valence-electron chi connectivity index (χ1n) is 13.2. The van der Waals surface area contributed by atoms with Gasteiger partial charge in [0.05, 0.1) is 28.3 Å². The van der Waals surface area contributed by atoms with E-state index in [2.05, 4.69) is 44.0 Å². The van der Waals surface area contributed by atoms with Crippen molar-refractivity contribution in [2.24, 2.45) is 11.1 Å². The Morgan fingerprint density at radius 2 is 1.88 bits per heavy atom. The van der Waals surface area contributed by atoms with E-state index in [0.29, 0.717) is 45.5 Å². The average molecular weight is 624 g/mol. The molecule has 1 unspecified atom stereocenters. The van der Waals surface area contributed by atoms with Crippen molar-refractivity contribution < 1.29 is 4.79 Å². The van der Waals surface area contributed by atoms with E-state index in [0.717, 1.165) is 32.8 Å². The van der Waals surface area contributed by atoms with E-state index in [1.165, 1.54) is 0 Å². The fraction of sp³-hybridized carbons (Fsp3) is 0.281. The van der Waals surface area contributed by atoms with Crippen LogP contribution in [0.15, 0.2) is 76.2 Å². The molecular weight excluding hydrogens is 595 g/mol. The second kappa shape index (κ2) is 11.4. The topological polar surface area (TPSA) is 83.0 Å². The largest absolute Gasteiger partial charge is 0.384 e. The summed E-state index contributed by atoms with van der Waals surface area (Å²) in [6.07, 6.45) is 2.56. The van der Waals surface area contributed by atoms with Crippen molar-refractivity contribution in [1.82, 2.24) is 4.98 Å². The molecule has 1 aromatic heterocycles. The molecule has 1 aliphatic heterocycles. The molecule has 0 fully saturated rings. The van der Waals surface area contributed by atoms with E-state index in [9.17, 15) is 10.1 Å². The quantitative estimate of drug-likeness (QED) is 0.226. The van der Waals surface area contributed by atoms with E-state index in [-0.39, 0.29) is 22.2 Å². The van der Waals surface area contributed by atoms with Gasteiger partial charge in [-0.3, -0.25) is 9.69 Å². The highest BCUT2D eigenvalue weighted by atomic mass is 35.5. The van der Waals surface area contributed by atoms with E-state index < -0.39 is 5.92 Å². The number of aromatic nitrogens is 1. The zero-order chi connectivity index (χ0) is 29.6. The number of ketones is 1. The van der Waals surface area contributed by atoms with Crippen molar-refractivity contribution in [2.45, 2.75) is 57.1 Å². The lowest BCUT2D eigenvalue weighted by molar-refractivity contribution is -0.118. The lowest BCUT2D eigenvalue weighted by Gasteiger charge is -2.44. The SMILES string of the molecule is Cc1cc(C)c(C2C(C#N)=C(N)N(c3cccnc3Cl)C3=C2C(=O)CC(C)(C)C3)cc1CSc1cc(Cl)ccc1Cl. The Balaban J connectivity index is 1.67. The maximum Gasteiger partial charge on any atom is 0.162 e. The zero-order valence-corrected chi connectivity index (χ0v) is 26.3. The standard InChI is InChI=1S/C32H29Cl3N4OS/c1-17-10-18(2)21(11-19(17)16-41-27-12-20(33)7-8-23(27)34)28-22(15-36)31(37)39(24-6-5-9-38-30(24)35)25-13-32(3,4)14-26(40)29(25)28/h5-12,28H,13-14,16,37H2,1-4H3. The number of hydrogen-bond acceptors (Lipinski definition) is 6. The first kappa shape index (κ1) is 29.5. The second-order valence-electron chi connectivity index (χ2n) is 11.3. The number of aryl methyl sites for hydroxylation is 2. The molecule has 9 heteroatoms. The number of rotatable bonds is 5. The number of halogens is 3. The fourth-order valence-electron chi connectivity index (χ4n) is 5.77. The number of allylic oxidation sites excluding steroid dienone is 3. The third-order valence-electron chi connectivity index (χ3n) is 7.67. The Hall–Kier alpha value is -2.95. The van der Waals surface area contributed by atoms with E-state index in [1.54, 1.807) is 41.1 Å². The van der Waals surface area contributed by atoms with Crippen LogP contribution in [0.25, 0.3) is 0 Å². The van der Waals surface area contributed by atoms with Crippen molar-refractivity contribution in [3.05, 3.63) is 109 Å². The monoisotopic (exact) mass is 622 g/mol. The number of pyridine rings is 1. The highest BCUT2D eigenvalue weighted by Crippen LogP contribution is 2.51. The molecule has 2 heterocycles. The summed E-state index contributed by atoms with van der Waals surface area (Å²) in [7, 11) is 0. The summed E-state index contributed by atoms with van der Waals surface area (Å²) in [5, 5.41) is 12.0. The van der Waals surface area contributed by atoms with Crippen molar-refractivity contribution in [3.8, 4) is 6.07 Å². The predicted octanol–water partition coefficient (Wildman–Crippen LogP) is 8.89. The molecule has 0 saturated heterocycles. The maximum absolute atomic E-state index is 14.0. The second-order valence-corrected chi connectivity index (χ2v) is 13.5. The fourth-order valence-corrected chi connectivity index (χ4v) is 7.53. The van der Waals surface area contributed by atoms with Gasteiger partial charge in [-0.05, 0) is 78.3 Å². The van der Waals surface area contributed by atoms with Crippen LogP contribution in [0.2, 0.25) is 15.2 Å². The normalized spacial score (nSPS) is 18.4. The molecule has 2 N–H and O–H groups in total. The highest BCUT2D eigenvalue weighted by molar-refractivity contribution is 7.98. The van der Waals surface area contributed by atoms with Gasteiger partial charge in [-0.15, -0.1) is 11.8 Å². The van der Waals surface area contributed by atoms with Crippen LogP contribution in [0.4, 0.5) is 5.69 Å². The number of thioether (sulfide) groups is 1. The predicted molar refractivity (Wildman–Crippen MR) is 168 cm³/mol. The van der Waals surface area contributed by atoms with Crippen LogP contribution in [0.1, 0.15) is 54.9 Å². The number of Topliss-reactive ketones (excluding diaryl/α,β-unsaturated/α-hetero) is 1. The molecule has 5 nitrogen and oxygen atoms in total. The van der Waals surface area contributed by atoms with Gasteiger partial charge in [0.25, 0.3) is 0 Å². The first-order chi connectivity index (χ1) is 19.4. The number of anilines is 1. The van der Waals surface area contributed by atoms with Gasteiger partial charge in [0.2, 0.25) is 0 Å². The summed E-state index contributed by atoms with van der Waals surface area (Å²) >= 11 is 20.8. The molecule has 0 saturated carbocycles. The molecular formula is C32H29Cl3N4OS. The molecule has 0 amide bonds. The number of benzene rings is 2. The van der Waals surface area contributed by atoms with E-state index >= 15 is 0 Å². The Labute approximate surface area is 260 Å². The molecule has 1 atom stereocenters. The van der Waals surface area contributed by atoms with Gasteiger partial charge in [0.15, 0.2) is 10.9 Å². The van der Waals surface area contributed by atoms with E-state index in [4.69, 9.17) is 40.5 Å². The van der Waals surface area contributed by atoms with Gasteiger partial charge in [-0.2, -0.15) is 5.26 Å². The van der Waals surface area contributed by atoms with Crippen LogP contribution in [-0.4, -0.2) is 10.8 Å². The summed E-state index contributed by atoms with van der Waals surface area (Å²) in [5.41, 5.74) is 12.8. The van der Waals surface area contributed by atoms with Crippen LogP contribution in [-0.2, 0) is 10.5 Å². The molecule has 210 valence electrons. The third-order valence-corrected chi connectivity index (χ3v) is 9.75. The Morgan fingerprint density at radius 1 is 1.12 bits per heavy atom. The van der Waals surface area contributed by atoms with Gasteiger partial charge in [-0.1, -0.05) is 60.8 Å². The molecule has 1 aliphatic carbocycles. The minimum absolute atomic E-state index is 0.00752. The Morgan fingerprint density at radius 3 is 2.59 bits per heavy atom. The molecule has 0 spiro atoms. The molecule has 41 heavy (non-hydrogen) atoms. The molecule has 3 aromatic rings. The molecule has 5 rings (SSSR count). The number of hydrogen-bond donors (Lipinski definition) is 1. The first-order valence-corrected chi connectivity index (χ1v) is 15.3. The minimum atomic E-state index is -0.593. The van der Waals surface area contributed by atoms with Crippen LogP contribution in [0.5, 0.6) is 0 Å². The Kier molecular flexibility index (Phi) is 8.20. The highest BCUT2D eigenvalue weighted by Gasteiger charge is 2.45. The van der Waals surface area contributed by atoms with Crippen molar-refractivity contribution >= 4 is 58.0 Å². The number of carbonyl (C=O) groups is 1. The van der Waals surface area contributed by atoms with Gasteiger partial charge < -0.3 is 5.73 Å². The lowest BCUT2D eigenvalue weighted by atomic mass is 9.68. The summed E-state index contributed by atoms with van der Waals surface area (Å²) in [6, 6.07) is 15.6. The summed E-state index contributed by atoms with van der Waals surface area (Å²) in [4.78, 5) is 20.9. The summed E-state index contributed by atoms with van der Waals surface area (Å²) in [5.74, 6) is 0.313. The molecule has 0 bridgehead atoms. The van der Waals surface area contributed by atoms with Gasteiger partial charge in [0, 0.05) is 39.6 Å².